The van der Waals surface area contributed by atoms with E-state index in [1.54, 1.807) is 42.5 Å². The third-order valence-electron chi connectivity index (χ3n) is 2.70. The number of hydrogen-bond acceptors (Lipinski definition) is 4. The molecule has 0 saturated carbocycles. The zero-order chi connectivity index (χ0) is 13.7. The van der Waals surface area contributed by atoms with Crippen LogP contribution < -0.4 is 5.32 Å². The van der Waals surface area contributed by atoms with Crippen LogP contribution in [0.5, 0.6) is 0 Å². The molecule has 1 aromatic heterocycles. The molecule has 1 aromatic carbocycles. The maximum atomic E-state index is 11.7. The first-order valence-electron chi connectivity index (χ1n) is 5.90. The number of amides is 1. The van der Waals surface area contributed by atoms with E-state index in [2.05, 4.69) is 5.32 Å². The zero-order valence-electron chi connectivity index (χ0n) is 10.2. The Labute approximate surface area is 110 Å². The molecule has 100 valence electrons. The maximum absolute atomic E-state index is 11.7. The van der Waals surface area contributed by atoms with E-state index in [0.29, 0.717) is 11.3 Å². The van der Waals surface area contributed by atoms with Gasteiger partial charge in [-0.15, -0.1) is 0 Å². The second-order valence-electron chi connectivity index (χ2n) is 4.09. The van der Waals surface area contributed by atoms with Gasteiger partial charge in [0.1, 0.15) is 11.9 Å². The molecule has 5 nitrogen and oxygen atoms in total. The van der Waals surface area contributed by atoms with Crippen molar-refractivity contribution in [2.45, 2.75) is 12.2 Å². The van der Waals surface area contributed by atoms with Crippen LogP contribution in [0, 0.1) is 0 Å². The van der Waals surface area contributed by atoms with E-state index in [1.165, 1.54) is 6.26 Å². The molecule has 0 aliphatic carbocycles. The molecule has 2 aromatic rings. The lowest BCUT2D eigenvalue weighted by Crippen LogP contribution is -2.32. The largest absolute Gasteiger partial charge is 0.467 e. The molecule has 0 aliphatic rings. The molecule has 3 N–H and O–H groups in total. The molecule has 0 bridgehead atoms. The Balaban J connectivity index is 1.88. The molecule has 0 fully saturated rings. The lowest BCUT2D eigenvalue weighted by atomic mass is 10.1. The number of aliphatic hydroxyl groups excluding tert-OH is 2. The summed E-state index contributed by atoms with van der Waals surface area (Å²) in [7, 11) is 0. The average Bonchev–Trinajstić information content (AvgIpc) is 2.98. The van der Waals surface area contributed by atoms with Crippen molar-refractivity contribution < 1.29 is 19.4 Å². The van der Waals surface area contributed by atoms with E-state index >= 15 is 0 Å². The number of hydrogen-bond donors (Lipinski definition) is 3. The highest BCUT2D eigenvalue weighted by Gasteiger charge is 2.18. The van der Waals surface area contributed by atoms with Gasteiger partial charge in [0, 0.05) is 0 Å². The van der Waals surface area contributed by atoms with Gasteiger partial charge in [-0.2, -0.15) is 0 Å². The Kier molecular flexibility index (Phi) is 4.33. The van der Waals surface area contributed by atoms with Crippen LogP contribution in [0.2, 0.25) is 0 Å². The normalized spacial score (nSPS) is 13.8. The van der Waals surface area contributed by atoms with Gasteiger partial charge in [0.2, 0.25) is 0 Å². The summed E-state index contributed by atoms with van der Waals surface area (Å²) >= 11 is 0. The smallest absolute Gasteiger partial charge is 0.253 e. The van der Waals surface area contributed by atoms with Crippen molar-refractivity contribution in [1.82, 2.24) is 5.32 Å². The summed E-state index contributed by atoms with van der Waals surface area (Å²) in [6, 6.07) is 11.9. The summed E-state index contributed by atoms with van der Waals surface area (Å²) in [6.07, 6.45) is -0.731. The minimum atomic E-state index is -1.25. The fourth-order valence-corrected chi connectivity index (χ4v) is 1.66. The van der Waals surface area contributed by atoms with Gasteiger partial charge in [-0.1, -0.05) is 30.3 Å². The van der Waals surface area contributed by atoms with Gasteiger partial charge < -0.3 is 19.9 Å². The van der Waals surface area contributed by atoms with Gasteiger partial charge in [-0.25, -0.2) is 0 Å². The summed E-state index contributed by atoms with van der Waals surface area (Å²) in [5, 5.41) is 22.0. The van der Waals surface area contributed by atoms with E-state index in [1.807, 2.05) is 0 Å². The molecule has 0 radical (unpaired) electrons. The molecule has 19 heavy (non-hydrogen) atoms. The van der Waals surface area contributed by atoms with Gasteiger partial charge in [-0.05, 0) is 17.7 Å². The quantitative estimate of drug-likeness (QED) is 0.754. The Morgan fingerprint density at radius 1 is 1.16 bits per heavy atom. The van der Waals surface area contributed by atoms with E-state index in [-0.39, 0.29) is 6.54 Å². The number of furan rings is 1. The average molecular weight is 261 g/mol. The van der Waals surface area contributed by atoms with Gasteiger partial charge >= 0.3 is 0 Å². The fourth-order valence-electron chi connectivity index (χ4n) is 1.66. The molecule has 0 saturated heterocycles. The summed E-state index contributed by atoms with van der Waals surface area (Å²) < 4.78 is 5.01. The van der Waals surface area contributed by atoms with Crippen LogP contribution >= 0.6 is 0 Å². The third kappa shape index (κ3) is 3.43. The topological polar surface area (TPSA) is 82.7 Å². The molecule has 0 unspecified atom stereocenters. The lowest BCUT2D eigenvalue weighted by Gasteiger charge is -2.13. The van der Waals surface area contributed by atoms with Crippen molar-refractivity contribution in [3.63, 3.8) is 0 Å². The number of benzene rings is 1. The Morgan fingerprint density at radius 3 is 2.53 bits per heavy atom. The van der Waals surface area contributed by atoms with Crippen LogP contribution in [0.15, 0.2) is 53.1 Å². The predicted octanol–water partition coefficient (Wildman–Crippen LogP) is 1.16. The minimum Gasteiger partial charge on any atom is -0.467 e. The minimum absolute atomic E-state index is 0.0176. The highest BCUT2D eigenvalue weighted by Crippen LogP contribution is 2.14. The van der Waals surface area contributed by atoms with Crippen LogP contribution in [0.3, 0.4) is 0 Å². The van der Waals surface area contributed by atoms with Crippen molar-refractivity contribution in [2.24, 2.45) is 0 Å². The molecular formula is C14H15NO4. The predicted molar refractivity (Wildman–Crippen MR) is 68.1 cm³/mol. The monoisotopic (exact) mass is 261 g/mol. The maximum Gasteiger partial charge on any atom is 0.253 e. The number of carbonyl (C=O) groups is 1. The molecule has 2 atom stereocenters. The van der Waals surface area contributed by atoms with Gasteiger partial charge in [-0.3, -0.25) is 4.79 Å². The van der Waals surface area contributed by atoms with E-state index in [4.69, 9.17) is 4.42 Å². The summed E-state index contributed by atoms with van der Waals surface area (Å²) in [5.41, 5.74) is 0.507. The SMILES string of the molecule is O=C(NC[C@@H](O)c1ccco1)[C@@H](O)c1ccccc1. The molecule has 0 aliphatic heterocycles. The van der Waals surface area contributed by atoms with Crippen LogP contribution in [0.25, 0.3) is 0 Å². The number of carbonyl (C=O) groups excluding carboxylic acids is 1. The second-order valence-corrected chi connectivity index (χ2v) is 4.09. The van der Waals surface area contributed by atoms with Gasteiger partial charge in [0.05, 0.1) is 12.8 Å². The molecule has 1 heterocycles. The van der Waals surface area contributed by atoms with Crippen LogP contribution in [0.1, 0.15) is 23.5 Å². The van der Waals surface area contributed by atoms with E-state index in [0.717, 1.165) is 0 Å². The first kappa shape index (κ1) is 13.3. The van der Waals surface area contributed by atoms with E-state index in [9.17, 15) is 15.0 Å². The van der Waals surface area contributed by atoms with Crippen molar-refractivity contribution >= 4 is 5.91 Å². The lowest BCUT2D eigenvalue weighted by molar-refractivity contribution is -0.130. The first-order valence-corrected chi connectivity index (χ1v) is 5.90. The first-order chi connectivity index (χ1) is 9.18. The summed E-state index contributed by atoms with van der Waals surface area (Å²) in [5.74, 6) is -0.189. The Bertz CT molecular complexity index is 510. The molecule has 0 spiro atoms. The van der Waals surface area contributed by atoms with Crippen LogP contribution in [-0.4, -0.2) is 22.7 Å². The van der Waals surface area contributed by atoms with Crippen LogP contribution in [-0.2, 0) is 4.79 Å². The number of aliphatic hydroxyl groups is 2. The third-order valence-corrected chi connectivity index (χ3v) is 2.70. The highest BCUT2D eigenvalue weighted by atomic mass is 16.4. The Morgan fingerprint density at radius 2 is 1.89 bits per heavy atom. The van der Waals surface area contributed by atoms with Gasteiger partial charge in [0.25, 0.3) is 5.91 Å². The van der Waals surface area contributed by atoms with E-state index < -0.39 is 18.1 Å². The standard InChI is InChI=1S/C14H15NO4/c16-11(12-7-4-8-19-12)9-15-14(18)13(17)10-5-2-1-3-6-10/h1-8,11,13,16-17H,9H2,(H,15,18)/t11-,13+/m1/s1. The molecule has 1 amide bonds. The molecule has 5 heteroatoms. The molecular weight excluding hydrogens is 246 g/mol. The second kappa shape index (κ2) is 6.17. The fraction of sp³-hybridized carbons (Fsp3) is 0.214. The van der Waals surface area contributed by atoms with Crippen molar-refractivity contribution in [3.05, 3.63) is 60.1 Å². The van der Waals surface area contributed by atoms with Crippen molar-refractivity contribution in [3.8, 4) is 0 Å². The summed E-state index contributed by atoms with van der Waals surface area (Å²) in [4.78, 5) is 11.7. The number of rotatable bonds is 5. The zero-order valence-corrected chi connectivity index (χ0v) is 10.2. The Hall–Kier alpha value is -2.11. The number of nitrogens with one attached hydrogen (secondary N) is 1. The summed E-state index contributed by atoms with van der Waals surface area (Å²) in [6.45, 7) is -0.0176. The van der Waals surface area contributed by atoms with Crippen molar-refractivity contribution in [1.29, 1.82) is 0 Å². The van der Waals surface area contributed by atoms with Gasteiger partial charge in [0.15, 0.2) is 6.10 Å². The highest BCUT2D eigenvalue weighted by molar-refractivity contribution is 5.81. The van der Waals surface area contributed by atoms with Crippen molar-refractivity contribution in [2.75, 3.05) is 6.54 Å². The van der Waals surface area contributed by atoms with Crippen LogP contribution in [0.4, 0.5) is 0 Å². The molecule has 2 rings (SSSR count).